The molecule has 2 aromatic heterocycles. The summed E-state index contributed by atoms with van der Waals surface area (Å²) in [5.74, 6) is 1.12. The number of ether oxygens (including phenoxy) is 1. The van der Waals surface area contributed by atoms with Gasteiger partial charge in [-0.05, 0) is 31.4 Å². The minimum Gasteiger partial charge on any atom is -0.378 e. The van der Waals surface area contributed by atoms with Gasteiger partial charge in [-0.2, -0.15) is 0 Å². The quantitative estimate of drug-likeness (QED) is 0.853. The van der Waals surface area contributed by atoms with E-state index in [0.717, 1.165) is 55.9 Å². The summed E-state index contributed by atoms with van der Waals surface area (Å²) < 4.78 is 5.70. The Labute approximate surface area is 147 Å². The second kappa shape index (κ2) is 7.17. The van der Waals surface area contributed by atoms with E-state index in [-0.39, 0.29) is 6.04 Å². The van der Waals surface area contributed by atoms with Crippen molar-refractivity contribution in [1.82, 2.24) is 14.9 Å². The van der Waals surface area contributed by atoms with Crippen molar-refractivity contribution in [3.63, 3.8) is 0 Å². The highest BCUT2D eigenvalue weighted by Crippen LogP contribution is 2.28. The molecule has 4 heterocycles. The van der Waals surface area contributed by atoms with E-state index in [4.69, 9.17) is 4.74 Å². The molecular weight excluding hydrogens is 320 g/mol. The van der Waals surface area contributed by atoms with Crippen LogP contribution in [0, 0.1) is 6.92 Å². The molecule has 0 saturated carbocycles. The molecule has 24 heavy (non-hydrogen) atoms. The average molecular weight is 344 g/mol. The zero-order chi connectivity index (χ0) is 16.4. The Bertz CT molecular complexity index is 666. The lowest BCUT2D eigenvalue weighted by Crippen LogP contribution is -2.39. The first-order valence-electron chi connectivity index (χ1n) is 8.73. The molecule has 4 rings (SSSR count). The Hall–Kier alpha value is -1.50. The molecule has 2 aliphatic rings. The third-order valence-corrected chi connectivity index (χ3v) is 5.85. The van der Waals surface area contributed by atoms with E-state index in [2.05, 4.69) is 44.2 Å². The van der Waals surface area contributed by atoms with Gasteiger partial charge in [-0.1, -0.05) is 6.07 Å². The molecule has 0 amide bonds. The fourth-order valence-electron chi connectivity index (χ4n) is 3.46. The molecular formula is C18H24N4OS. The Morgan fingerprint density at radius 2 is 2.12 bits per heavy atom. The third-order valence-electron chi connectivity index (χ3n) is 4.79. The average Bonchev–Trinajstić information content (AvgIpc) is 3.28. The molecule has 2 fully saturated rings. The van der Waals surface area contributed by atoms with Gasteiger partial charge in [0.1, 0.15) is 10.8 Å². The summed E-state index contributed by atoms with van der Waals surface area (Å²) in [5.41, 5.74) is 2.36. The van der Waals surface area contributed by atoms with Crippen LogP contribution in [0.15, 0.2) is 23.7 Å². The van der Waals surface area contributed by atoms with Gasteiger partial charge in [0.05, 0.1) is 19.3 Å². The highest BCUT2D eigenvalue weighted by Gasteiger charge is 2.27. The fourth-order valence-corrected chi connectivity index (χ4v) is 4.37. The van der Waals surface area contributed by atoms with E-state index in [1.807, 2.05) is 6.20 Å². The minimum absolute atomic E-state index is 0.260. The van der Waals surface area contributed by atoms with E-state index < -0.39 is 0 Å². The topological polar surface area (TPSA) is 41.5 Å². The van der Waals surface area contributed by atoms with Crippen molar-refractivity contribution < 1.29 is 4.74 Å². The monoisotopic (exact) mass is 344 g/mol. The number of morpholine rings is 1. The minimum atomic E-state index is 0.260. The molecule has 2 saturated heterocycles. The van der Waals surface area contributed by atoms with Gasteiger partial charge < -0.3 is 9.64 Å². The molecule has 0 radical (unpaired) electrons. The lowest BCUT2D eigenvalue weighted by Gasteiger charge is -2.34. The van der Waals surface area contributed by atoms with Crippen molar-refractivity contribution in [2.45, 2.75) is 32.4 Å². The summed E-state index contributed by atoms with van der Waals surface area (Å²) in [6.45, 7) is 7.70. The number of aromatic nitrogens is 2. The SMILES string of the molecule is Cc1csc([C@@H]2COCCN2Cc2ccc(N3CCCC3)nc2)n1. The van der Waals surface area contributed by atoms with E-state index in [1.54, 1.807) is 11.3 Å². The van der Waals surface area contributed by atoms with Gasteiger partial charge in [-0.25, -0.2) is 9.97 Å². The highest BCUT2D eigenvalue weighted by molar-refractivity contribution is 7.09. The molecule has 0 unspecified atom stereocenters. The van der Waals surface area contributed by atoms with Crippen LogP contribution >= 0.6 is 11.3 Å². The van der Waals surface area contributed by atoms with E-state index in [0.29, 0.717) is 0 Å². The van der Waals surface area contributed by atoms with Gasteiger partial charge in [0, 0.05) is 43.4 Å². The summed E-state index contributed by atoms with van der Waals surface area (Å²) in [4.78, 5) is 14.2. The Morgan fingerprint density at radius 3 is 2.83 bits per heavy atom. The molecule has 2 aromatic rings. The second-order valence-electron chi connectivity index (χ2n) is 6.61. The third kappa shape index (κ3) is 3.45. The smallest absolute Gasteiger partial charge is 0.128 e. The number of thiazole rings is 1. The second-order valence-corrected chi connectivity index (χ2v) is 7.50. The molecule has 0 aromatic carbocycles. The first kappa shape index (κ1) is 16.0. The van der Waals surface area contributed by atoms with Gasteiger partial charge >= 0.3 is 0 Å². The van der Waals surface area contributed by atoms with Gasteiger partial charge in [0.15, 0.2) is 0 Å². The molecule has 1 atom stereocenters. The number of hydrogen-bond acceptors (Lipinski definition) is 6. The van der Waals surface area contributed by atoms with Crippen molar-refractivity contribution >= 4 is 17.2 Å². The predicted octanol–water partition coefficient (Wildman–Crippen LogP) is 3.02. The van der Waals surface area contributed by atoms with Gasteiger partial charge in [0.25, 0.3) is 0 Å². The molecule has 5 nitrogen and oxygen atoms in total. The molecule has 128 valence electrons. The lowest BCUT2D eigenvalue weighted by atomic mass is 10.2. The number of hydrogen-bond donors (Lipinski definition) is 0. The number of aryl methyl sites for hydroxylation is 1. The first-order chi connectivity index (χ1) is 11.8. The predicted molar refractivity (Wildman–Crippen MR) is 96.5 cm³/mol. The molecule has 0 spiro atoms. The Morgan fingerprint density at radius 1 is 1.25 bits per heavy atom. The van der Waals surface area contributed by atoms with Crippen molar-refractivity contribution in [3.05, 3.63) is 40.0 Å². The first-order valence-corrected chi connectivity index (χ1v) is 9.61. The highest BCUT2D eigenvalue weighted by atomic mass is 32.1. The van der Waals surface area contributed by atoms with Crippen LogP contribution in [0.4, 0.5) is 5.82 Å². The van der Waals surface area contributed by atoms with Crippen LogP contribution in [0.2, 0.25) is 0 Å². The Kier molecular flexibility index (Phi) is 4.78. The van der Waals surface area contributed by atoms with Crippen molar-refractivity contribution in [2.24, 2.45) is 0 Å². The van der Waals surface area contributed by atoms with Crippen LogP contribution in [-0.2, 0) is 11.3 Å². The summed E-state index contributed by atoms with van der Waals surface area (Å²) >= 11 is 1.73. The number of pyridine rings is 1. The van der Waals surface area contributed by atoms with E-state index >= 15 is 0 Å². The lowest BCUT2D eigenvalue weighted by molar-refractivity contribution is -0.0128. The van der Waals surface area contributed by atoms with Crippen LogP contribution in [-0.4, -0.2) is 47.7 Å². The Balaban J connectivity index is 1.46. The zero-order valence-electron chi connectivity index (χ0n) is 14.1. The van der Waals surface area contributed by atoms with Crippen molar-refractivity contribution in [1.29, 1.82) is 0 Å². The van der Waals surface area contributed by atoms with Crippen LogP contribution in [0.5, 0.6) is 0 Å². The maximum Gasteiger partial charge on any atom is 0.128 e. The van der Waals surface area contributed by atoms with E-state index in [1.165, 1.54) is 18.4 Å². The maximum absolute atomic E-state index is 5.70. The van der Waals surface area contributed by atoms with Crippen LogP contribution in [0.25, 0.3) is 0 Å². The standard InChI is InChI=1S/C18H24N4OS/c1-14-13-24-18(20-14)16-12-23-9-8-22(16)11-15-4-5-17(19-10-15)21-6-2-3-7-21/h4-5,10,13,16H,2-3,6-9,11-12H2,1H3/t16-/m0/s1. The van der Waals surface area contributed by atoms with Crippen molar-refractivity contribution in [2.75, 3.05) is 37.7 Å². The van der Waals surface area contributed by atoms with Crippen molar-refractivity contribution in [3.8, 4) is 0 Å². The zero-order valence-corrected chi connectivity index (χ0v) is 15.0. The normalized spacial score (nSPS) is 22.2. The van der Waals surface area contributed by atoms with Gasteiger partial charge in [-0.15, -0.1) is 11.3 Å². The summed E-state index contributed by atoms with van der Waals surface area (Å²) in [5, 5.41) is 3.28. The summed E-state index contributed by atoms with van der Waals surface area (Å²) in [6.07, 6.45) is 4.60. The van der Waals surface area contributed by atoms with Gasteiger partial charge in [0.2, 0.25) is 0 Å². The van der Waals surface area contributed by atoms with E-state index in [9.17, 15) is 0 Å². The van der Waals surface area contributed by atoms with Crippen LogP contribution in [0.3, 0.4) is 0 Å². The van der Waals surface area contributed by atoms with Crippen LogP contribution < -0.4 is 4.90 Å². The molecule has 0 bridgehead atoms. The summed E-state index contributed by atoms with van der Waals surface area (Å²) in [6, 6.07) is 4.65. The number of anilines is 1. The largest absolute Gasteiger partial charge is 0.378 e. The molecule has 2 aliphatic heterocycles. The number of nitrogens with zero attached hydrogens (tertiary/aromatic N) is 4. The maximum atomic E-state index is 5.70. The molecule has 0 aliphatic carbocycles. The molecule has 0 N–H and O–H groups in total. The number of rotatable bonds is 4. The molecule has 6 heteroatoms. The van der Waals surface area contributed by atoms with Crippen LogP contribution in [0.1, 0.15) is 35.1 Å². The summed E-state index contributed by atoms with van der Waals surface area (Å²) in [7, 11) is 0. The fraction of sp³-hybridized carbons (Fsp3) is 0.556. The van der Waals surface area contributed by atoms with Gasteiger partial charge in [-0.3, -0.25) is 4.90 Å².